The van der Waals surface area contributed by atoms with Gasteiger partial charge in [-0.1, -0.05) is 24.3 Å². The first-order valence-electron chi connectivity index (χ1n) is 6.96. The minimum atomic E-state index is -0.941. The molecule has 1 amide bonds. The van der Waals surface area contributed by atoms with Crippen LogP contribution < -0.4 is 5.32 Å². The summed E-state index contributed by atoms with van der Waals surface area (Å²) in [5.74, 6) is -1.15. The van der Waals surface area contributed by atoms with Crippen LogP contribution in [0.4, 0.5) is 0 Å². The van der Waals surface area contributed by atoms with Crippen molar-refractivity contribution in [3.63, 3.8) is 0 Å². The second kappa shape index (κ2) is 7.04. The predicted molar refractivity (Wildman–Crippen MR) is 78.8 cm³/mol. The van der Waals surface area contributed by atoms with Crippen LogP contribution in [0.15, 0.2) is 30.3 Å². The van der Waals surface area contributed by atoms with Gasteiger partial charge in [0.05, 0.1) is 6.10 Å². The van der Waals surface area contributed by atoms with Crippen LogP contribution >= 0.6 is 0 Å². The number of carboxylic acids is 1. The number of benzene rings is 1. The molecule has 0 aliphatic carbocycles. The number of carbonyl (C=O) groups excluding carboxylic acids is 1. The maximum atomic E-state index is 11.7. The van der Waals surface area contributed by atoms with Crippen molar-refractivity contribution in [2.75, 3.05) is 6.54 Å². The summed E-state index contributed by atoms with van der Waals surface area (Å²) in [4.78, 5) is 22.5. The predicted octanol–water partition coefficient (Wildman–Crippen LogP) is 1.76. The highest BCUT2D eigenvalue weighted by molar-refractivity contribution is 5.91. The van der Waals surface area contributed by atoms with Crippen LogP contribution in [0.25, 0.3) is 6.08 Å². The second-order valence-corrected chi connectivity index (χ2v) is 5.10. The van der Waals surface area contributed by atoms with Crippen molar-refractivity contribution < 1.29 is 19.4 Å². The van der Waals surface area contributed by atoms with Crippen molar-refractivity contribution in [3.8, 4) is 0 Å². The fourth-order valence-electron chi connectivity index (χ4n) is 2.25. The van der Waals surface area contributed by atoms with E-state index in [9.17, 15) is 9.59 Å². The lowest BCUT2D eigenvalue weighted by Gasteiger charge is -2.11. The van der Waals surface area contributed by atoms with Gasteiger partial charge in [0.2, 0.25) is 5.91 Å². The van der Waals surface area contributed by atoms with E-state index < -0.39 is 12.1 Å². The molecular formula is C16H19NO4. The van der Waals surface area contributed by atoms with Gasteiger partial charge in [-0.25, -0.2) is 4.79 Å². The fourth-order valence-corrected chi connectivity index (χ4v) is 2.25. The van der Waals surface area contributed by atoms with Gasteiger partial charge in [0.1, 0.15) is 0 Å². The monoisotopic (exact) mass is 289 g/mol. The lowest BCUT2D eigenvalue weighted by Crippen LogP contribution is -2.32. The van der Waals surface area contributed by atoms with Gasteiger partial charge < -0.3 is 15.2 Å². The van der Waals surface area contributed by atoms with E-state index in [4.69, 9.17) is 9.84 Å². The topological polar surface area (TPSA) is 75.6 Å². The maximum Gasteiger partial charge on any atom is 0.332 e. The summed E-state index contributed by atoms with van der Waals surface area (Å²) in [5.41, 5.74) is 2.10. The molecule has 1 aromatic carbocycles. The zero-order valence-electron chi connectivity index (χ0n) is 11.9. The number of carboxylic acid groups (broad SMARTS) is 1. The number of amides is 1. The van der Waals surface area contributed by atoms with Crippen molar-refractivity contribution in [2.24, 2.45) is 0 Å². The Bertz CT molecular complexity index is 553. The van der Waals surface area contributed by atoms with Crippen LogP contribution in [0.1, 0.15) is 24.0 Å². The molecule has 0 saturated carbocycles. The number of carbonyl (C=O) groups is 2. The van der Waals surface area contributed by atoms with Gasteiger partial charge >= 0.3 is 5.97 Å². The first kappa shape index (κ1) is 15.3. The van der Waals surface area contributed by atoms with E-state index in [1.807, 2.05) is 31.2 Å². The van der Waals surface area contributed by atoms with Crippen LogP contribution in [-0.4, -0.2) is 35.7 Å². The van der Waals surface area contributed by atoms with Gasteiger partial charge in [0.25, 0.3) is 0 Å². The molecule has 112 valence electrons. The highest BCUT2D eigenvalue weighted by Gasteiger charge is 2.30. The Balaban J connectivity index is 1.78. The van der Waals surface area contributed by atoms with E-state index in [1.165, 1.54) is 6.08 Å². The largest absolute Gasteiger partial charge is 0.479 e. The average molecular weight is 289 g/mol. The van der Waals surface area contributed by atoms with Crippen LogP contribution in [0.3, 0.4) is 0 Å². The Morgan fingerprint density at radius 2 is 2.14 bits per heavy atom. The van der Waals surface area contributed by atoms with Gasteiger partial charge in [0.15, 0.2) is 6.10 Å². The molecule has 1 aliphatic rings. The molecule has 2 atom stereocenters. The molecule has 1 saturated heterocycles. The minimum Gasteiger partial charge on any atom is -0.479 e. The third-order valence-corrected chi connectivity index (χ3v) is 3.49. The Labute approximate surface area is 123 Å². The van der Waals surface area contributed by atoms with E-state index in [0.29, 0.717) is 19.4 Å². The van der Waals surface area contributed by atoms with Gasteiger partial charge in [0, 0.05) is 12.6 Å². The number of nitrogens with one attached hydrogen (secondary N) is 1. The van der Waals surface area contributed by atoms with Crippen molar-refractivity contribution >= 4 is 18.0 Å². The smallest absolute Gasteiger partial charge is 0.332 e. The van der Waals surface area contributed by atoms with Crippen LogP contribution in [0, 0.1) is 6.92 Å². The average Bonchev–Trinajstić information content (AvgIpc) is 2.93. The molecule has 1 aromatic rings. The van der Waals surface area contributed by atoms with E-state index in [2.05, 4.69) is 5.32 Å². The van der Waals surface area contributed by atoms with Crippen molar-refractivity contribution in [1.82, 2.24) is 5.32 Å². The summed E-state index contributed by atoms with van der Waals surface area (Å²) in [7, 11) is 0. The van der Waals surface area contributed by atoms with Crippen LogP contribution in [0.5, 0.6) is 0 Å². The molecule has 5 heteroatoms. The quantitative estimate of drug-likeness (QED) is 0.810. The fraction of sp³-hybridized carbons (Fsp3) is 0.375. The van der Waals surface area contributed by atoms with Gasteiger partial charge in [-0.05, 0) is 37.0 Å². The zero-order chi connectivity index (χ0) is 15.2. The number of hydrogen-bond donors (Lipinski definition) is 2. The number of rotatable bonds is 5. The third-order valence-electron chi connectivity index (χ3n) is 3.49. The molecule has 2 unspecified atom stereocenters. The van der Waals surface area contributed by atoms with Gasteiger partial charge in [-0.15, -0.1) is 0 Å². The van der Waals surface area contributed by atoms with Crippen molar-refractivity contribution in [3.05, 3.63) is 41.5 Å². The molecule has 1 heterocycles. The number of aryl methyl sites for hydroxylation is 1. The molecular weight excluding hydrogens is 270 g/mol. The summed E-state index contributed by atoms with van der Waals surface area (Å²) in [6.45, 7) is 2.32. The van der Waals surface area contributed by atoms with Crippen molar-refractivity contribution in [1.29, 1.82) is 0 Å². The number of hydrogen-bond acceptors (Lipinski definition) is 3. The molecule has 2 N–H and O–H groups in total. The normalized spacial score (nSPS) is 21.6. The molecule has 21 heavy (non-hydrogen) atoms. The standard InChI is InChI=1S/C16H19NO4/c1-11-4-2-3-5-12(11)6-9-15(18)17-10-13-7-8-14(21-13)16(19)20/h2-6,9,13-14H,7-8,10H2,1H3,(H,17,18)(H,19,20)/b9-6+. The minimum absolute atomic E-state index is 0.208. The Hall–Kier alpha value is -2.14. The maximum absolute atomic E-state index is 11.7. The van der Waals surface area contributed by atoms with Crippen molar-refractivity contribution in [2.45, 2.75) is 32.0 Å². The summed E-state index contributed by atoms with van der Waals surface area (Å²) >= 11 is 0. The molecule has 1 aliphatic heterocycles. The molecule has 2 rings (SSSR count). The lowest BCUT2D eigenvalue weighted by atomic mass is 10.1. The van der Waals surface area contributed by atoms with E-state index >= 15 is 0 Å². The first-order valence-corrected chi connectivity index (χ1v) is 6.96. The van der Waals surface area contributed by atoms with Gasteiger partial charge in [-0.3, -0.25) is 4.79 Å². The van der Waals surface area contributed by atoms with Gasteiger partial charge in [-0.2, -0.15) is 0 Å². The molecule has 0 spiro atoms. The Morgan fingerprint density at radius 3 is 2.81 bits per heavy atom. The Morgan fingerprint density at radius 1 is 1.38 bits per heavy atom. The summed E-state index contributed by atoms with van der Waals surface area (Å²) in [6, 6.07) is 7.79. The SMILES string of the molecule is Cc1ccccc1/C=C/C(=O)NCC1CCC(C(=O)O)O1. The third kappa shape index (κ3) is 4.43. The first-order chi connectivity index (χ1) is 10.1. The highest BCUT2D eigenvalue weighted by atomic mass is 16.5. The second-order valence-electron chi connectivity index (χ2n) is 5.10. The molecule has 5 nitrogen and oxygen atoms in total. The Kier molecular flexibility index (Phi) is 5.11. The molecule has 1 fully saturated rings. The molecule has 0 radical (unpaired) electrons. The summed E-state index contributed by atoms with van der Waals surface area (Å²) < 4.78 is 5.32. The molecule has 0 bridgehead atoms. The van der Waals surface area contributed by atoms with E-state index in [-0.39, 0.29) is 12.0 Å². The van der Waals surface area contributed by atoms with Crippen LogP contribution in [0.2, 0.25) is 0 Å². The van der Waals surface area contributed by atoms with E-state index in [1.54, 1.807) is 6.08 Å². The highest BCUT2D eigenvalue weighted by Crippen LogP contribution is 2.19. The number of aliphatic carboxylic acids is 1. The van der Waals surface area contributed by atoms with E-state index in [0.717, 1.165) is 11.1 Å². The zero-order valence-corrected chi connectivity index (χ0v) is 11.9. The summed E-state index contributed by atoms with van der Waals surface area (Å²) in [6.07, 6.45) is 3.43. The number of ether oxygens (including phenoxy) is 1. The molecule has 0 aromatic heterocycles. The van der Waals surface area contributed by atoms with Crippen LogP contribution in [-0.2, 0) is 14.3 Å². The summed E-state index contributed by atoms with van der Waals surface area (Å²) in [5, 5.41) is 11.6. The lowest BCUT2D eigenvalue weighted by molar-refractivity contribution is -0.149.